The molecule has 0 unspecified atom stereocenters. The van der Waals surface area contributed by atoms with Gasteiger partial charge in [-0.2, -0.15) is 0 Å². The van der Waals surface area contributed by atoms with Crippen LogP contribution in [-0.4, -0.2) is 17.4 Å². The SMILES string of the molecule is CCCN(CCC)Sc1c(Cl)c(Cl)c(Cl)c(Cl)c1Cl. The van der Waals surface area contributed by atoms with Gasteiger partial charge in [-0.25, -0.2) is 4.31 Å². The third-order valence-electron chi connectivity index (χ3n) is 2.34. The predicted octanol–water partition coefficient (Wildman–Crippen LogP) is 7.08. The fourth-order valence-corrected chi connectivity index (χ4v) is 4.12. The third-order valence-corrected chi connectivity index (χ3v) is 6.05. The molecule has 0 spiro atoms. The summed E-state index contributed by atoms with van der Waals surface area (Å²) < 4.78 is 2.19. The molecule has 0 N–H and O–H groups in total. The second-order valence-corrected chi connectivity index (χ2v) is 6.92. The molecule has 0 aliphatic rings. The van der Waals surface area contributed by atoms with Crippen molar-refractivity contribution in [3.05, 3.63) is 25.1 Å². The van der Waals surface area contributed by atoms with E-state index in [0.29, 0.717) is 14.9 Å². The van der Waals surface area contributed by atoms with Crippen LogP contribution in [0.1, 0.15) is 26.7 Å². The summed E-state index contributed by atoms with van der Waals surface area (Å²) in [7, 11) is 0. The zero-order valence-electron chi connectivity index (χ0n) is 10.6. The summed E-state index contributed by atoms with van der Waals surface area (Å²) in [6.45, 7) is 6.11. The smallest absolute Gasteiger partial charge is 0.0809 e. The number of hydrogen-bond donors (Lipinski definition) is 0. The quantitative estimate of drug-likeness (QED) is 0.294. The van der Waals surface area contributed by atoms with Crippen LogP contribution in [0.4, 0.5) is 0 Å². The monoisotopic (exact) mass is 379 g/mol. The predicted molar refractivity (Wildman–Crippen MR) is 89.5 cm³/mol. The minimum atomic E-state index is 0.195. The summed E-state index contributed by atoms with van der Waals surface area (Å²) in [6, 6.07) is 0. The normalized spacial score (nSPS) is 11.4. The lowest BCUT2D eigenvalue weighted by Gasteiger charge is -2.21. The van der Waals surface area contributed by atoms with E-state index in [1.54, 1.807) is 0 Å². The van der Waals surface area contributed by atoms with Gasteiger partial charge in [-0.1, -0.05) is 71.9 Å². The standard InChI is InChI=1S/C12H14Cl5NS/c1-3-5-18(6-4-2)19-12-10(16)8(14)7(13)9(15)11(12)17/h3-6H2,1-2H3. The molecule has 1 nitrogen and oxygen atoms in total. The van der Waals surface area contributed by atoms with E-state index < -0.39 is 0 Å². The molecule has 0 bridgehead atoms. The molecule has 1 aromatic rings. The van der Waals surface area contributed by atoms with Gasteiger partial charge in [0.05, 0.1) is 30.0 Å². The first kappa shape index (κ1) is 18.0. The van der Waals surface area contributed by atoms with Crippen LogP contribution in [0, 0.1) is 0 Å². The minimum absolute atomic E-state index is 0.195. The lowest BCUT2D eigenvalue weighted by Crippen LogP contribution is -2.17. The molecular formula is C12H14Cl5NS. The molecule has 1 rings (SSSR count). The van der Waals surface area contributed by atoms with Gasteiger partial charge in [0.15, 0.2) is 0 Å². The molecule has 0 aliphatic carbocycles. The number of benzene rings is 1. The van der Waals surface area contributed by atoms with Crippen LogP contribution < -0.4 is 0 Å². The molecular weight excluding hydrogens is 367 g/mol. The molecule has 7 heteroatoms. The molecule has 0 fully saturated rings. The summed E-state index contributed by atoms with van der Waals surface area (Å²) in [5.74, 6) is 0. The van der Waals surface area contributed by atoms with Gasteiger partial charge < -0.3 is 0 Å². The highest BCUT2D eigenvalue weighted by atomic mass is 35.5. The van der Waals surface area contributed by atoms with Crippen molar-refractivity contribution in [2.24, 2.45) is 0 Å². The summed E-state index contributed by atoms with van der Waals surface area (Å²) >= 11 is 32.0. The van der Waals surface area contributed by atoms with Crippen molar-refractivity contribution < 1.29 is 0 Å². The average molecular weight is 382 g/mol. The fourth-order valence-electron chi connectivity index (χ4n) is 1.50. The summed E-state index contributed by atoms with van der Waals surface area (Å²) in [6.07, 6.45) is 2.08. The maximum Gasteiger partial charge on any atom is 0.0809 e. The van der Waals surface area contributed by atoms with E-state index in [9.17, 15) is 0 Å². The van der Waals surface area contributed by atoms with Crippen molar-refractivity contribution in [3.8, 4) is 0 Å². The first-order valence-electron chi connectivity index (χ1n) is 5.88. The Labute approximate surface area is 143 Å². The Balaban J connectivity index is 3.12. The Morgan fingerprint density at radius 3 is 1.47 bits per heavy atom. The van der Waals surface area contributed by atoms with Gasteiger partial charge in [0.1, 0.15) is 0 Å². The number of hydrogen-bond acceptors (Lipinski definition) is 2. The largest absolute Gasteiger partial charge is 0.246 e. The molecule has 108 valence electrons. The topological polar surface area (TPSA) is 3.24 Å². The maximum atomic E-state index is 6.21. The van der Waals surface area contributed by atoms with E-state index in [2.05, 4.69) is 18.2 Å². The first-order chi connectivity index (χ1) is 8.93. The fraction of sp³-hybridized carbons (Fsp3) is 0.500. The maximum absolute atomic E-state index is 6.21. The van der Waals surface area contributed by atoms with Gasteiger partial charge in [0, 0.05) is 13.1 Å². The van der Waals surface area contributed by atoms with Gasteiger partial charge >= 0.3 is 0 Å². The van der Waals surface area contributed by atoms with Crippen LogP contribution in [0.25, 0.3) is 0 Å². The zero-order valence-corrected chi connectivity index (χ0v) is 15.2. The molecule has 0 aliphatic heterocycles. The minimum Gasteiger partial charge on any atom is -0.246 e. The number of halogens is 5. The second kappa shape index (κ2) is 8.43. The van der Waals surface area contributed by atoms with Crippen molar-refractivity contribution in [2.75, 3.05) is 13.1 Å². The van der Waals surface area contributed by atoms with E-state index >= 15 is 0 Å². The Kier molecular flexibility index (Phi) is 8.00. The Bertz CT molecular complexity index is 417. The van der Waals surface area contributed by atoms with Crippen LogP contribution in [0.5, 0.6) is 0 Å². The highest BCUT2D eigenvalue weighted by molar-refractivity contribution is 7.97. The Hall–Kier alpha value is 0.980. The third kappa shape index (κ3) is 4.47. The van der Waals surface area contributed by atoms with Gasteiger partial charge in [-0.15, -0.1) is 0 Å². The highest BCUT2D eigenvalue weighted by Gasteiger charge is 2.21. The van der Waals surface area contributed by atoms with Crippen LogP contribution in [0.3, 0.4) is 0 Å². The van der Waals surface area contributed by atoms with E-state index in [1.807, 2.05) is 0 Å². The Morgan fingerprint density at radius 2 is 1.11 bits per heavy atom. The molecule has 0 aromatic heterocycles. The van der Waals surface area contributed by atoms with Crippen LogP contribution in [0.2, 0.25) is 25.1 Å². The lowest BCUT2D eigenvalue weighted by molar-refractivity contribution is 0.467. The van der Waals surface area contributed by atoms with Crippen molar-refractivity contribution in [3.63, 3.8) is 0 Å². The lowest BCUT2D eigenvalue weighted by atomic mass is 10.3. The van der Waals surface area contributed by atoms with Gasteiger partial charge in [0.2, 0.25) is 0 Å². The highest BCUT2D eigenvalue weighted by Crippen LogP contribution is 2.48. The number of nitrogens with zero attached hydrogens (tertiary/aromatic N) is 1. The van der Waals surface area contributed by atoms with Crippen molar-refractivity contribution in [1.82, 2.24) is 4.31 Å². The van der Waals surface area contributed by atoms with Crippen molar-refractivity contribution >= 4 is 70.0 Å². The van der Waals surface area contributed by atoms with Crippen LogP contribution >= 0.6 is 70.0 Å². The van der Waals surface area contributed by atoms with E-state index in [-0.39, 0.29) is 15.1 Å². The molecule has 19 heavy (non-hydrogen) atoms. The molecule has 0 heterocycles. The van der Waals surface area contributed by atoms with E-state index in [4.69, 9.17) is 58.0 Å². The van der Waals surface area contributed by atoms with Gasteiger partial charge in [-0.05, 0) is 24.8 Å². The first-order valence-corrected chi connectivity index (χ1v) is 8.54. The molecule has 0 radical (unpaired) electrons. The van der Waals surface area contributed by atoms with E-state index in [1.165, 1.54) is 11.9 Å². The van der Waals surface area contributed by atoms with Gasteiger partial charge in [-0.3, -0.25) is 0 Å². The summed E-state index contributed by atoms with van der Waals surface area (Å²) in [5, 5.41) is 1.38. The van der Waals surface area contributed by atoms with Crippen molar-refractivity contribution in [2.45, 2.75) is 31.6 Å². The average Bonchev–Trinajstić information content (AvgIpc) is 2.39. The van der Waals surface area contributed by atoms with Crippen LogP contribution in [-0.2, 0) is 0 Å². The number of rotatable bonds is 6. The summed E-state index contributed by atoms with van der Waals surface area (Å²) in [4.78, 5) is 0.657. The molecule has 0 saturated heterocycles. The van der Waals surface area contributed by atoms with E-state index in [0.717, 1.165) is 25.9 Å². The van der Waals surface area contributed by atoms with Crippen molar-refractivity contribution in [1.29, 1.82) is 0 Å². The Morgan fingerprint density at radius 1 is 0.737 bits per heavy atom. The zero-order chi connectivity index (χ0) is 14.6. The molecule has 1 aromatic carbocycles. The summed E-state index contributed by atoms with van der Waals surface area (Å²) in [5.41, 5.74) is 0. The molecule has 0 atom stereocenters. The second-order valence-electron chi connectivity index (χ2n) is 3.92. The van der Waals surface area contributed by atoms with Gasteiger partial charge in [0.25, 0.3) is 0 Å². The molecule has 0 saturated carbocycles. The van der Waals surface area contributed by atoms with Crippen LogP contribution in [0.15, 0.2) is 4.90 Å². The molecule has 0 amide bonds.